The third kappa shape index (κ3) is 2.92. The summed E-state index contributed by atoms with van der Waals surface area (Å²) in [7, 11) is 0. The maximum absolute atomic E-state index is 11.7. The Labute approximate surface area is 78.4 Å². The van der Waals surface area contributed by atoms with Crippen molar-refractivity contribution in [3.63, 3.8) is 0 Å². The highest BCUT2D eigenvalue weighted by Gasteiger charge is 2.05. The molecule has 1 aromatic heterocycles. The van der Waals surface area contributed by atoms with Crippen LogP contribution in [-0.2, 0) is 0 Å². The second-order valence-electron chi connectivity index (χ2n) is 2.36. The molecule has 1 rings (SSSR count). The lowest BCUT2D eigenvalue weighted by Gasteiger charge is -2.03. The van der Waals surface area contributed by atoms with Gasteiger partial charge in [0.2, 0.25) is 5.88 Å². The summed E-state index contributed by atoms with van der Waals surface area (Å²) >= 11 is 0. The summed E-state index contributed by atoms with van der Waals surface area (Å²) in [6.45, 7) is -0.728. The van der Waals surface area contributed by atoms with Crippen LogP contribution in [0.5, 0.6) is 5.88 Å². The first kappa shape index (κ1) is 10.3. The molecule has 0 unspecified atom stereocenters. The van der Waals surface area contributed by atoms with Gasteiger partial charge in [0.15, 0.2) is 6.61 Å². The van der Waals surface area contributed by atoms with Gasteiger partial charge in [-0.25, -0.2) is 18.7 Å². The first-order valence-electron chi connectivity index (χ1n) is 3.67. The summed E-state index contributed by atoms with van der Waals surface area (Å²) in [5.74, 6) is -0.256. The number of rotatable bonds is 4. The van der Waals surface area contributed by atoms with E-state index in [0.29, 0.717) is 0 Å². The van der Waals surface area contributed by atoms with Crippen LogP contribution in [0, 0.1) is 5.41 Å². The van der Waals surface area contributed by atoms with Gasteiger partial charge in [0.25, 0.3) is 6.43 Å². The van der Waals surface area contributed by atoms with Gasteiger partial charge < -0.3 is 10.5 Å². The highest BCUT2D eigenvalue weighted by atomic mass is 19.3. The number of ether oxygens (including phenoxy) is 1. The van der Waals surface area contributed by atoms with Gasteiger partial charge in [0, 0.05) is 0 Å². The van der Waals surface area contributed by atoms with Crippen molar-refractivity contribution < 1.29 is 13.5 Å². The molecule has 0 aliphatic rings. The minimum Gasteiger partial charge on any atom is -0.470 e. The molecule has 1 aromatic rings. The van der Waals surface area contributed by atoms with Gasteiger partial charge in [0.05, 0.1) is 12.4 Å². The molecule has 0 aliphatic heterocycles. The number of nitrogens with zero attached hydrogens (tertiary/aromatic N) is 2. The Morgan fingerprint density at radius 2 is 2.21 bits per heavy atom. The summed E-state index contributed by atoms with van der Waals surface area (Å²) < 4.78 is 28.0. The van der Waals surface area contributed by atoms with Crippen LogP contribution >= 0.6 is 0 Å². The lowest BCUT2D eigenvalue weighted by Crippen LogP contribution is -2.14. The highest BCUT2D eigenvalue weighted by Crippen LogP contribution is 2.05. The molecule has 0 aliphatic carbocycles. The van der Waals surface area contributed by atoms with Crippen LogP contribution in [-0.4, -0.2) is 28.8 Å². The average molecular weight is 202 g/mol. The van der Waals surface area contributed by atoms with Gasteiger partial charge in [-0.15, -0.1) is 0 Å². The maximum atomic E-state index is 11.7. The molecule has 0 atom stereocenters. The van der Waals surface area contributed by atoms with Gasteiger partial charge in [0.1, 0.15) is 11.5 Å². The van der Waals surface area contributed by atoms with Crippen LogP contribution in [0.1, 0.15) is 5.69 Å². The highest BCUT2D eigenvalue weighted by molar-refractivity contribution is 5.92. The SMILES string of the molecule is N=C(N)c1cnc(OCC(F)F)cn1. The van der Waals surface area contributed by atoms with E-state index in [1.54, 1.807) is 0 Å². The van der Waals surface area contributed by atoms with Gasteiger partial charge in [-0.2, -0.15) is 0 Å². The van der Waals surface area contributed by atoms with E-state index in [9.17, 15) is 8.78 Å². The number of halogens is 2. The summed E-state index contributed by atoms with van der Waals surface area (Å²) in [5.41, 5.74) is 5.28. The minimum absolute atomic E-state index is 0.0182. The van der Waals surface area contributed by atoms with Crippen molar-refractivity contribution in [1.82, 2.24) is 9.97 Å². The zero-order chi connectivity index (χ0) is 10.6. The molecule has 0 amide bonds. The number of amidine groups is 1. The van der Waals surface area contributed by atoms with E-state index in [1.165, 1.54) is 6.20 Å². The standard InChI is InChI=1S/C7H8F2N4O/c8-5(9)3-14-6-2-12-4(1-13-6)7(10)11/h1-2,5H,3H2,(H3,10,11). The second-order valence-corrected chi connectivity index (χ2v) is 2.36. The predicted octanol–water partition coefficient (Wildman–Crippen LogP) is 0.405. The Bertz CT molecular complexity index is 314. The van der Waals surface area contributed by atoms with Crippen molar-refractivity contribution in [2.75, 3.05) is 6.61 Å². The van der Waals surface area contributed by atoms with Crippen molar-refractivity contribution in [3.05, 3.63) is 18.1 Å². The van der Waals surface area contributed by atoms with E-state index in [0.717, 1.165) is 6.20 Å². The monoisotopic (exact) mass is 202 g/mol. The van der Waals surface area contributed by atoms with Crippen LogP contribution in [0.2, 0.25) is 0 Å². The molecule has 7 heteroatoms. The molecular weight excluding hydrogens is 194 g/mol. The number of alkyl halides is 2. The topological polar surface area (TPSA) is 84.9 Å². The van der Waals surface area contributed by atoms with Gasteiger partial charge >= 0.3 is 0 Å². The quantitative estimate of drug-likeness (QED) is 0.546. The van der Waals surface area contributed by atoms with Crippen LogP contribution in [0.4, 0.5) is 8.78 Å². The zero-order valence-corrected chi connectivity index (χ0v) is 7.08. The molecule has 1 heterocycles. The first-order chi connectivity index (χ1) is 6.59. The Morgan fingerprint density at radius 3 is 2.64 bits per heavy atom. The molecule has 76 valence electrons. The summed E-state index contributed by atoms with van der Waals surface area (Å²) in [5, 5.41) is 6.99. The number of hydrogen-bond donors (Lipinski definition) is 2. The van der Waals surface area contributed by atoms with Crippen molar-refractivity contribution in [3.8, 4) is 5.88 Å². The largest absolute Gasteiger partial charge is 0.470 e. The van der Waals surface area contributed by atoms with Crippen LogP contribution in [0.15, 0.2) is 12.4 Å². The lowest BCUT2D eigenvalue weighted by atomic mass is 10.4. The van der Waals surface area contributed by atoms with Crippen molar-refractivity contribution >= 4 is 5.84 Å². The van der Waals surface area contributed by atoms with E-state index in [1.807, 2.05) is 0 Å². The first-order valence-corrected chi connectivity index (χ1v) is 3.67. The third-order valence-electron chi connectivity index (χ3n) is 1.26. The molecule has 0 spiro atoms. The Morgan fingerprint density at radius 1 is 1.50 bits per heavy atom. The molecule has 0 saturated carbocycles. The average Bonchev–Trinajstić information content (AvgIpc) is 2.15. The second kappa shape index (κ2) is 4.45. The summed E-state index contributed by atoms with van der Waals surface area (Å²) in [4.78, 5) is 7.31. The number of hydrogen-bond acceptors (Lipinski definition) is 4. The number of nitrogens with two attached hydrogens (primary N) is 1. The summed E-state index contributed by atoms with van der Waals surface area (Å²) in [6, 6.07) is 0. The Kier molecular flexibility index (Phi) is 3.27. The van der Waals surface area contributed by atoms with Gasteiger partial charge in [-0.05, 0) is 0 Å². The van der Waals surface area contributed by atoms with Crippen molar-refractivity contribution in [2.45, 2.75) is 6.43 Å². The number of nitrogen functional groups attached to an aromatic ring is 1. The molecule has 0 fully saturated rings. The zero-order valence-electron chi connectivity index (χ0n) is 7.08. The number of aromatic nitrogens is 2. The fraction of sp³-hybridized carbons (Fsp3) is 0.286. The van der Waals surface area contributed by atoms with Crippen molar-refractivity contribution in [1.29, 1.82) is 5.41 Å². The van der Waals surface area contributed by atoms with Crippen LogP contribution < -0.4 is 10.5 Å². The number of nitrogens with one attached hydrogen (secondary N) is 1. The smallest absolute Gasteiger partial charge is 0.272 e. The maximum Gasteiger partial charge on any atom is 0.272 e. The minimum atomic E-state index is -2.55. The molecule has 14 heavy (non-hydrogen) atoms. The van der Waals surface area contributed by atoms with Gasteiger partial charge in [-0.3, -0.25) is 5.41 Å². The molecule has 0 aromatic carbocycles. The normalized spacial score (nSPS) is 10.2. The molecule has 0 bridgehead atoms. The lowest BCUT2D eigenvalue weighted by molar-refractivity contribution is 0.0794. The molecular formula is C7H8F2N4O. The van der Waals surface area contributed by atoms with Crippen LogP contribution in [0.25, 0.3) is 0 Å². The molecule has 0 saturated heterocycles. The molecule has 3 N–H and O–H groups in total. The third-order valence-corrected chi connectivity index (χ3v) is 1.26. The van der Waals surface area contributed by atoms with E-state index in [2.05, 4.69) is 14.7 Å². The van der Waals surface area contributed by atoms with E-state index >= 15 is 0 Å². The summed E-state index contributed by atoms with van der Waals surface area (Å²) in [6.07, 6.45) is -0.230. The fourth-order valence-electron chi connectivity index (χ4n) is 0.678. The molecule has 5 nitrogen and oxygen atoms in total. The molecule has 0 radical (unpaired) electrons. The van der Waals surface area contributed by atoms with E-state index in [-0.39, 0.29) is 17.4 Å². The van der Waals surface area contributed by atoms with E-state index < -0.39 is 13.0 Å². The fourth-order valence-corrected chi connectivity index (χ4v) is 0.678. The Hall–Kier alpha value is -1.79. The van der Waals surface area contributed by atoms with Crippen molar-refractivity contribution in [2.24, 2.45) is 5.73 Å². The van der Waals surface area contributed by atoms with Gasteiger partial charge in [-0.1, -0.05) is 0 Å². The van der Waals surface area contributed by atoms with Crippen LogP contribution in [0.3, 0.4) is 0 Å². The Balaban J connectivity index is 2.60. The predicted molar refractivity (Wildman–Crippen MR) is 44.5 cm³/mol. The van der Waals surface area contributed by atoms with E-state index in [4.69, 9.17) is 11.1 Å².